The zero-order valence-electron chi connectivity index (χ0n) is 13.8. The SMILES string of the molecule is CC1(CNC(=O)CCc2ccc(OC(F)F)cc2)CCNCC1.Cl. The van der Waals surface area contributed by atoms with Crippen molar-refractivity contribution in [1.82, 2.24) is 10.6 Å². The molecule has 2 N–H and O–H groups in total. The zero-order chi connectivity index (χ0) is 16.7. The fourth-order valence-electron chi connectivity index (χ4n) is 2.70. The Balaban J connectivity index is 0.00000288. The first-order valence-electron chi connectivity index (χ1n) is 7.98. The van der Waals surface area contributed by atoms with Crippen LogP contribution in [0.25, 0.3) is 0 Å². The normalized spacial score (nSPS) is 16.3. The number of carbonyl (C=O) groups excluding carboxylic acids is 1. The van der Waals surface area contributed by atoms with Gasteiger partial charge in [-0.3, -0.25) is 4.79 Å². The quantitative estimate of drug-likeness (QED) is 0.783. The minimum atomic E-state index is -2.82. The molecule has 7 heteroatoms. The van der Waals surface area contributed by atoms with Gasteiger partial charge in [0.2, 0.25) is 5.91 Å². The van der Waals surface area contributed by atoms with Crippen LogP contribution >= 0.6 is 12.4 Å². The number of ether oxygens (including phenoxy) is 1. The van der Waals surface area contributed by atoms with Crippen molar-refractivity contribution in [3.05, 3.63) is 29.8 Å². The predicted octanol–water partition coefficient (Wildman–Crippen LogP) is 3.15. The lowest BCUT2D eigenvalue weighted by Crippen LogP contribution is -2.42. The number of alkyl halides is 2. The summed E-state index contributed by atoms with van der Waals surface area (Å²) in [5.74, 6) is 0.157. The molecule has 1 aliphatic heterocycles. The molecule has 1 aliphatic rings. The van der Waals surface area contributed by atoms with E-state index in [1.165, 1.54) is 12.1 Å². The molecule has 0 atom stereocenters. The van der Waals surface area contributed by atoms with Crippen molar-refractivity contribution in [3.63, 3.8) is 0 Å². The molecule has 1 saturated heterocycles. The number of carbonyl (C=O) groups is 1. The van der Waals surface area contributed by atoms with E-state index in [1.54, 1.807) is 12.1 Å². The molecule has 1 aromatic rings. The number of aryl methyl sites for hydroxylation is 1. The van der Waals surface area contributed by atoms with Crippen LogP contribution in [0.3, 0.4) is 0 Å². The van der Waals surface area contributed by atoms with Gasteiger partial charge >= 0.3 is 6.61 Å². The second-order valence-corrected chi connectivity index (χ2v) is 6.36. The molecule has 4 nitrogen and oxygen atoms in total. The van der Waals surface area contributed by atoms with Crippen molar-refractivity contribution < 1.29 is 18.3 Å². The number of nitrogens with one attached hydrogen (secondary N) is 2. The summed E-state index contributed by atoms with van der Waals surface area (Å²) in [6, 6.07) is 6.41. The van der Waals surface area contributed by atoms with Gasteiger partial charge in [0.05, 0.1) is 0 Å². The zero-order valence-corrected chi connectivity index (χ0v) is 14.6. The lowest BCUT2D eigenvalue weighted by molar-refractivity contribution is -0.121. The summed E-state index contributed by atoms with van der Waals surface area (Å²) in [5.41, 5.74) is 1.10. The van der Waals surface area contributed by atoms with Gasteiger partial charge in [-0.2, -0.15) is 8.78 Å². The van der Waals surface area contributed by atoms with Crippen molar-refractivity contribution >= 4 is 18.3 Å². The summed E-state index contributed by atoms with van der Waals surface area (Å²) in [4.78, 5) is 12.0. The highest BCUT2D eigenvalue weighted by atomic mass is 35.5. The maximum Gasteiger partial charge on any atom is 0.387 e. The van der Waals surface area contributed by atoms with E-state index in [1.807, 2.05) is 0 Å². The molecular formula is C17H25ClF2N2O2. The van der Waals surface area contributed by atoms with Crippen LogP contribution in [0.15, 0.2) is 24.3 Å². The highest BCUT2D eigenvalue weighted by Gasteiger charge is 2.26. The largest absolute Gasteiger partial charge is 0.435 e. The lowest BCUT2D eigenvalue weighted by atomic mass is 9.81. The second-order valence-electron chi connectivity index (χ2n) is 6.36. The minimum absolute atomic E-state index is 0. The van der Waals surface area contributed by atoms with Gasteiger partial charge in [-0.25, -0.2) is 0 Å². The van der Waals surface area contributed by atoms with Crippen LogP contribution in [0.4, 0.5) is 8.78 Å². The molecule has 1 amide bonds. The van der Waals surface area contributed by atoms with E-state index in [0.29, 0.717) is 19.4 Å². The van der Waals surface area contributed by atoms with Crippen LogP contribution in [0, 0.1) is 5.41 Å². The van der Waals surface area contributed by atoms with Crippen LogP contribution in [-0.4, -0.2) is 32.2 Å². The Morgan fingerprint density at radius 3 is 2.50 bits per heavy atom. The molecule has 0 unspecified atom stereocenters. The minimum Gasteiger partial charge on any atom is -0.435 e. The third-order valence-corrected chi connectivity index (χ3v) is 4.31. The Morgan fingerprint density at radius 1 is 1.29 bits per heavy atom. The average molecular weight is 363 g/mol. The highest BCUT2D eigenvalue weighted by molar-refractivity contribution is 5.85. The molecular weight excluding hydrogens is 338 g/mol. The van der Waals surface area contributed by atoms with Crippen LogP contribution in [0.1, 0.15) is 31.7 Å². The standard InChI is InChI=1S/C17H24F2N2O2.ClH/c1-17(8-10-20-11-9-17)12-21-15(22)7-4-13-2-5-14(6-3-13)23-16(18)19;/h2-3,5-6,16,20H,4,7-12H2,1H3,(H,21,22);1H. The third-order valence-electron chi connectivity index (χ3n) is 4.31. The Morgan fingerprint density at radius 2 is 1.92 bits per heavy atom. The maximum absolute atomic E-state index is 12.1. The number of piperidine rings is 1. The fraction of sp³-hybridized carbons (Fsp3) is 0.588. The first-order valence-corrected chi connectivity index (χ1v) is 7.98. The predicted molar refractivity (Wildman–Crippen MR) is 91.9 cm³/mol. The van der Waals surface area contributed by atoms with Crippen LogP contribution in [0.2, 0.25) is 0 Å². The average Bonchev–Trinajstić information content (AvgIpc) is 2.52. The first kappa shape index (κ1) is 20.6. The molecule has 0 spiro atoms. The van der Waals surface area contributed by atoms with E-state index in [9.17, 15) is 13.6 Å². The molecule has 24 heavy (non-hydrogen) atoms. The van der Waals surface area contributed by atoms with Crippen LogP contribution < -0.4 is 15.4 Å². The molecule has 0 radical (unpaired) electrons. The van der Waals surface area contributed by atoms with Crippen LogP contribution in [0.5, 0.6) is 5.75 Å². The number of hydrogen-bond donors (Lipinski definition) is 2. The van der Waals surface area contributed by atoms with E-state index >= 15 is 0 Å². The topological polar surface area (TPSA) is 50.4 Å². The first-order chi connectivity index (χ1) is 11.0. The van der Waals surface area contributed by atoms with Gasteiger partial charge < -0.3 is 15.4 Å². The number of halogens is 3. The van der Waals surface area contributed by atoms with Crippen LogP contribution in [-0.2, 0) is 11.2 Å². The van der Waals surface area contributed by atoms with Gasteiger partial charge in [0.1, 0.15) is 5.75 Å². The molecule has 0 saturated carbocycles. The van der Waals surface area contributed by atoms with E-state index in [4.69, 9.17) is 0 Å². The second kappa shape index (κ2) is 9.79. The molecule has 0 bridgehead atoms. The molecule has 1 aromatic carbocycles. The highest BCUT2D eigenvalue weighted by Crippen LogP contribution is 2.26. The summed E-state index contributed by atoms with van der Waals surface area (Å²) in [6.07, 6.45) is 3.11. The maximum atomic E-state index is 12.1. The van der Waals surface area contributed by atoms with Crippen molar-refractivity contribution in [2.24, 2.45) is 5.41 Å². The summed E-state index contributed by atoms with van der Waals surface area (Å²) < 4.78 is 28.4. The number of benzene rings is 1. The summed E-state index contributed by atoms with van der Waals surface area (Å²) in [6.45, 7) is 2.09. The van der Waals surface area contributed by atoms with E-state index in [-0.39, 0.29) is 29.5 Å². The Bertz CT molecular complexity index is 506. The Labute approximate surface area is 147 Å². The molecule has 1 heterocycles. The summed E-state index contributed by atoms with van der Waals surface area (Å²) in [7, 11) is 0. The number of rotatable bonds is 7. The van der Waals surface area contributed by atoms with Crippen molar-refractivity contribution in [2.45, 2.75) is 39.2 Å². The molecule has 0 aromatic heterocycles. The van der Waals surface area contributed by atoms with E-state index < -0.39 is 6.61 Å². The van der Waals surface area contributed by atoms with Gasteiger partial charge in [0.15, 0.2) is 0 Å². The Kier molecular flexibility index (Phi) is 8.42. The molecule has 2 rings (SSSR count). The van der Waals surface area contributed by atoms with E-state index in [0.717, 1.165) is 31.5 Å². The van der Waals surface area contributed by atoms with Gasteiger partial charge in [-0.15, -0.1) is 12.4 Å². The van der Waals surface area contributed by atoms with Gasteiger partial charge in [-0.05, 0) is 55.5 Å². The van der Waals surface area contributed by atoms with Gasteiger partial charge in [0.25, 0.3) is 0 Å². The van der Waals surface area contributed by atoms with Crippen molar-refractivity contribution in [1.29, 1.82) is 0 Å². The molecule has 136 valence electrons. The third kappa shape index (κ3) is 7.01. The molecule has 0 aliphatic carbocycles. The van der Waals surface area contributed by atoms with Gasteiger partial charge in [0, 0.05) is 13.0 Å². The van der Waals surface area contributed by atoms with Crippen molar-refractivity contribution in [2.75, 3.05) is 19.6 Å². The molecule has 1 fully saturated rings. The monoisotopic (exact) mass is 362 g/mol. The number of amides is 1. The fourth-order valence-corrected chi connectivity index (χ4v) is 2.70. The lowest BCUT2D eigenvalue weighted by Gasteiger charge is -2.34. The van der Waals surface area contributed by atoms with Crippen molar-refractivity contribution in [3.8, 4) is 5.75 Å². The smallest absolute Gasteiger partial charge is 0.387 e. The number of hydrogen-bond acceptors (Lipinski definition) is 3. The van der Waals surface area contributed by atoms with E-state index in [2.05, 4.69) is 22.3 Å². The summed E-state index contributed by atoms with van der Waals surface area (Å²) >= 11 is 0. The van der Waals surface area contributed by atoms with Gasteiger partial charge in [-0.1, -0.05) is 19.1 Å². The Hall–Kier alpha value is -1.40. The summed E-state index contributed by atoms with van der Waals surface area (Å²) in [5, 5.41) is 6.33.